The Labute approximate surface area is 104 Å². The van der Waals surface area contributed by atoms with Crippen LogP contribution in [0.25, 0.3) is 0 Å². The molecule has 1 saturated carbocycles. The Hall–Kier alpha value is -1.06. The second kappa shape index (κ2) is 5.52. The lowest BCUT2D eigenvalue weighted by molar-refractivity contribution is -0.137. The Kier molecular flexibility index (Phi) is 4.54. The van der Waals surface area contributed by atoms with Gasteiger partial charge in [0.15, 0.2) is 0 Å². The van der Waals surface area contributed by atoms with Crippen LogP contribution in [0.3, 0.4) is 0 Å². The molecule has 17 heavy (non-hydrogen) atoms. The molecule has 0 saturated heterocycles. The molecule has 0 aliphatic heterocycles. The van der Waals surface area contributed by atoms with Crippen molar-refractivity contribution in [1.82, 2.24) is 10.6 Å². The molecule has 0 aromatic carbocycles. The van der Waals surface area contributed by atoms with E-state index < -0.39 is 5.41 Å². The molecular weight excluding hydrogens is 216 g/mol. The molecular formula is C13H24N2O2. The van der Waals surface area contributed by atoms with Crippen LogP contribution in [0.1, 0.15) is 53.4 Å². The Morgan fingerprint density at radius 3 is 1.59 bits per heavy atom. The minimum atomic E-state index is -0.771. The minimum absolute atomic E-state index is 0.104. The quantitative estimate of drug-likeness (QED) is 0.693. The smallest absolute Gasteiger partial charge is 0.235 e. The molecule has 98 valence electrons. The Bertz CT molecular complexity index is 272. The molecule has 2 N–H and O–H groups in total. The number of amides is 2. The van der Waals surface area contributed by atoms with E-state index >= 15 is 0 Å². The first-order chi connectivity index (χ1) is 7.96. The molecule has 1 aliphatic carbocycles. The van der Waals surface area contributed by atoms with E-state index in [2.05, 4.69) is 10.6 Å². The van der Waals surface area contributed by atoms with E-state index in [-0.39, 0.29) is 23.9 Å². The third-order valence-electron chi connectivity index (χ3n) is 3.60. The van der Waals surface area contributed by atoms with Crippen molar-refractivity contribution in [2.45, 2.75) is 65.5 Å². The van der Waals surface area contributed by atoms with Crippen molar-refractivity contribution in [2.75, 3.05) is 0 Å². The number of hydrogen-bond acceptors (Lipinski definition) is 2. The SMILES string of the molecule is CCC(C)NC(=O)C1(C(=O)NC(C)CC)CC1. The molecule has 4 nitrogen and oxygen atoms in total. The molecule has 2 amide bonds. The van der Waals surface area contributed by atoms with Gasteiger partial charge >= 0.3 is 0 Å². The highest BCUT2D eigenvalue weighted by Crippen LogP contribution is 2.46. The third kappa shape index (κ3) is 3.20. The maximum atomic E-state index is 12.0. The lowest BCUT2D eigenvalue weighted by Gasteiger charge is -2.20. The molecule has 0 aromatic heterocycles. The van der Waals surface area contributed by atoms with E-state index in [9.17, 15) is 9.59 Å². The van der Waals surface area contributed by atoms with E-state index in [1.807, 2.05) is 27.7 Å². The van der Waals surface area contributed by atoms with Gasteiger partial charge < -0.3 is 10.6 Å². The molecule has 0 radical (unpaired) electrons. The highest BCUT2D eigenvalue weighted by atomic mass is 16.2. The molecule has 1 rings (SSSR count). The van der Waals surface area contributed by atoms with Gasteiger partial charge in [0, 0.05) is 12.1 Å². The second-order valence-corrected chi connectivity index (χ2v) is 5.15. The summed E-state index contributed by atoms with van der Waals surface area (Å²) in [5.41, 5.74) is -0.771. The maximum Gasteiger partial charge on any atom is 0.235 e. The number of nitrogens with one attached hydrogen (secondary N) is 2. The van der Waals surface area contributed by atoms with E-state index in [1.54, 1.807) is 0 Å². The fourth-order valence-corrected chi connectivity index (χ4v) is 1.61. The average Bonchev–Trinajstić information content (AvgIpc) is 3.09. The van der Waals surface area contributed by atoms with Gasteiger partial charge in [-0.2, -0.15) is 0 Å². The zero-order valence-electron chi connectivity index (χ0n) is 11.3. The molecule has 0 bridgehead atoms. The topological polar surface area (TPSA) is 58.2 Å². The van der Waals surface area contributed by atoms with Gasteiger partial charge in [-0.3, -0.25) is 9.59 Å². The zero-order valence-corrected chi connectivity index (χ0v) is 11.3. The van der Waals surface area contributed by atoms with Crippen molar-refractivity contribution in [3.63, 3.8) is 0 Å². The van der Waals surface area contributed by atoms with Gasteiger partial charge in [-0.15, -0.1) is 0 Å². The Balaban J connectivity index is 2.56. The van der Waals surface area contributed by atoms with E-state index in [4.69, 9.17) is 0 Å². The lowest BCUT2D eigenvalue weighted by Crippen LogP contribution is -2.47. The molecule has 1 fully saturated rings. The zero-order chi connectivity index (χ0) is 13.1. The van der Waals surface area contributed by atoms with Gasteiger partial charge in [0.25, 0.3) is 0 Å². The van der Waals surface area contributed by atoms with Crippen molar-refractivity contribution in [3.8, 4) is 0 Å². The van der Waals surface area contributed by atoms with E-state index in [1.165, 1.54) is 0 Å². The standard InChI is InChI=1S/C13H24N2O2/c1-5-9(3)14-11(16)13(7-8-13)12(17)15-10(4)6-2/h9-10H,5-8H2,1-4H3,(H,14,16)(H,15,17). The summed E-state index contributed by atoms with van der Waals surface area (Å²) in [5, 5.41) is 5.81. The molecule has 0 heterocycles. The first kappa shape index (κ1) is 14.0. The minimum Gasteiger partial charge on any atom is -0.353 e. The normalized spacial score (nSPS) is 20.2. The van der Waals surface area contributed by atoms with Crippen LogP contribution < -0.4 is 10.6 Å². The molecule has 2 unspecified atom stereocenters. The summed E-state index contributed by atoms with van der Waals surface area (Å²) in [5.74, 6) is -0.208. The highest BCUT2D eigenvalue weighted by molar-refractivity contribution is 6.08. The van der Waals surface area contributed by atoms with E-state index in [0.717, 1.165) is 12.8 Å². The van der Waals surface area contributed by atoms with Crippen LogP contribution in [-0.4, -0.2) is 23.9 Å². The summed E-state index contributed by atoms with van der Waals surface area (Å²) < 4.78 is 0. The van der Waals surface area contributed by atoms with Crippen molar-refractivity contribution in [1.29, 1.82) is 0 Å². The van der Waals surface area contributed by atoms with Gasteiger partial charge in [-0.05, 0) is 39.5 Å². The third-order valence-corrected chi connectivity index (χ3v) is 3.60. The number of carbonyl (C=O) groups excluding carboxylic acids is 2. The van der Waals surface area contributed by atoms with Crippen LogP contribution in [0.15, 0.2) is 0 Å². The van der Waals surface area contributed by atoms with Crippen molar-refractivity contribution in [3.05, 3.63) is 0 Å². The van der Waals surface area contributed by atoms with Gasteiger partial charge in [0.1, 0.15) is 5.41 Å². The molecule has 2 atom stereocenters. The van der Waals surface area contributed by atoms with Gasteiger partial charge in [-0.25, -0.2) is 0 Å². The Morgan fingerprint density at radius 1 is 1.00 bits per heavy atom. The largest absolute Gasteiger partial charge is 0.353 e. The molecule has 0 spiro atoms. The monoisotopic (exact) mass is 240 g/mol. The van der Waals surface area contributed by atoms with Gasteiger partial charge in [-0.1, -0.05) is 13.8 Å². The van der Waals surface area contributed by atoms with Crippen LogP contribution in [-0.2, 0) is 9.59 Å². The molecule has 1 aliphatic rings. The van der Waals surface area contributed by atoms with Crippen molar-refractivity contribution in [2.24, 2.45) is 5.41 Å². The predicted molar refractivity (Wildman–Crippen MR) is 67.5 cm³/mol. The van der Waals surface area contributed by atoms with Crippen molar-refractivity contribution >= 4 is 11.8 Å². The lowest BCUT2D eigenvalue weighted by atomic mass is 10.0. The maximum absolute atomic E-state index is 12.0. The predicted octanol–water partition coefficient (Wildman–Crippen LogP) is 1.60. The van der Waals surface area contributed by atoms with Gasteiger partial charge in [0.2, 0.25) is 11.8 Å². The summed E-state index contributed by atoms with van der Waals surface area (Å²) in [6.45, 7) is 7.95. The molecule has 4 heteroatoms. The van der Waals surface area contributed by atoms with Crippen molar-refractivity contribution < 1.29 is 9.59 Å². The second-order valence-electron chi connectivity index (χ2n) is 5.15. The summed E-state index contributed by atoms with van der Waals surface area (Å²) in [6.07, 6.45) is 3.12. The average molecular weight is 240 g/mol. The number of rotatable bonds is 6. The highest BCUT2D eigenvalue weighted by Gasteiger charge is 2.56. The fraction of sp³-hybridized carbons (Fsp3) is 0.846. The fourth-order valence-electron chi connectivity index (χ4n) is 1.61. The van der Waals surface area contributed by atoms with Crippen LogP contribution in [0, 0.1) is 5.41 Å². The molecule has 0 aromatic rings. The van der Waals surface area contributed by atoms with Crippen LogP contribution in [0.4, 0.5) is 0 Å². The first-order valence-corrected chi connectivity index (χ1v) is 6.58. The number of carbonyl (C=O) groups is 2. The van der Waals surface area contributed by atoms with Crippen LogP contribution in [0.5, 0.6) is 0 Å². The van der Waals surface area contributed by atoms with E-state index in [0.29, 0.717) is 12.8 Å². The summed E-state index contributed by atoms with van der Waals surface area (Å²) in [6, 6.07) is 0.271. The first-order valence-electron chi connectivity index (χ1n) is 6.58. The summed E-state index contributed by atoms with van der Waals surface area (Å²) in [7, 11) is 0. The number of hydrogen-bond donors (Lipinski definition) is 2. The Morgan fingerprint density at radius 2 is 1.35 bits per heavy atom. The van der Waals surface area contributed by atoms with Gasteiger partial charge in [0.05, 0.1) is 0 Å². The van der Waals surface area contributed by atoms with Crippen LogP contribution in [0.2, 0.25) is 0 Å². The summed E-state index contributed by atoms with van der Waals surface area (Å²) >= 11 is 0. The van der Waals surface area contributed by atoms with Crippen LogP contribution >= 0.6 is 0 Å². The summed E-state index contributed by atoms with van der Waals surface area (Å²) in [4.78, 5) is 24.1.